The van der Waals surface area contributed by atoms with Crippen molar-refractivity contribution in [2.75, 3.05) is 26.7 Å². The van der Waals surface area contributed by atoms with Crippen LogP contribution >= 0.6 is 0 Å². The number of likely N-dealkylation sites (N-methyl/N-ethyl adjacent to an activating group) is 1. The third kappa shape index (κ3) is 2.04. The maximum atomic E-state index is 11.6. The first-order valence-electron chi connectivity index (χ1n) is 7.02. The SMILES string of the molecule is CN1C[C@@]2(CCN(Cc3cccc4nonc34)C2)OC1=O. The molecule has 3 heterocycles. The summed E-state index contributed by atoms with van der Waals surface area (Å²) in [5.74, 6) is 0. The highest BCUT2D eigenvalue weighted by molar-refractivity contribution is 5.76. The molecule has 1 spiro atoms. The maximum absolute atomic E-state index is 11.6. The second kappa shape index (κ2) is 4.42. The van der Waals surface area contributed by atoms with Gasteiger partial charge in [0.1, 0.15) is 16.6 Å². The van der Waals surface area contributed by atoms with E-state index in [2.05, 4.69) is 15.2 Å². The Morgan fingerprint density at radius 2 is 2.24 bits per heavy atom. The van der Waals surface area contributed by atoms with Gasteiger partial charge >= 0.3 is 6.09 Å². The van der Waals surface area contributed by atoms with E-state index in [1.54, 1.807) is 11.9 Å². The van der Waals surface area contributed by atoms with Crippen LogP contribution in [0.15, 0.2) is 22.8 Å². The molecule has 1 atom stereocenters. The normalized spacial score (nSPS) is 26.1. The van der Waals surface area contributed by atoms with Gasteiger partial charge in [0.05, 0.1) is 6.54 Å². The molecule has 2 saturated heterocycles. The second-order valence-electron chi connectivity index (χ2n) is 5.92. The van der Waals surface area contributed by atoms with Crippen LogP contribution in [0.5, 0.6) is 0 Å². The molecule has 21 heavy (non-hydrogen) atoms. The molecule has 7 nitrogen and oxygen atoms in total. The number of amides is 1. The summed E-state index contributed by atoms with van der Waals surface area (Å²) in [4.78, 5) is 15.5. The van der Waals surface area contributed by atoms with E-state index in [9.17, 15) is 4.79 Å². The van der Waals surface area contributed by atoms with Gasteiger partial charge in [-0.3, -0.25) is 4.90 Å². The van der Waals surface area contributed by atoms with E-state index in [1.807, 2.05) is 18.2 Å². The average molecular weight is 288 g/mol. The van der Waals surface area contributed by atoms with Crippen LogP contribution in [0.3, 0.4) is 0 Å². The third-order valence-electron chi connectivity index (χ3n) is 4.30. The predicted octanol–water partition coefficient (Wildman–Crippen LogP) is 1.25. The zero-order valence-electron chi connectivity index (χ0n) is 11.8. The Kier molecular flexibility index (Phi) is 2.65. The first-order valence-corrected chi connectivity index (χ1v) is 7.02. The van der Waals surface area contributed by atoms with Crippen molar-refractivity contribution in [1.29, 1.82) is 0 Å². The number of aromatic nitrogens is 2. The standard InChI is InChI=1S/C14H16N4O3/c1-17-8-14(20-13(17)19)5-6-18(9-14)7-10-3-2-4-11-12(10)16-21-15-11/h2-4H,5-9H2,1H3/t14-/m1/s1. The molecule has 0 unspecified atom stereocenters. The largest absolute Gasteiger partial charge is 0.439 e. The summed E-state index contributed by atoms with van der Waals surface area (Å²) in [6, 6.07) is 5.87. The highest BCUT2D eigenvalue weighted by Gasteiger charge is 2.48. The number of benzene rings is 1. The number of likely N-dealkylation sites (tertiary alicyclic amines) is 1. The molecule has 1 aromatic carbocycles. The summed E-state index contributed by atoms with van der Waals surface area (Å²) in [5.41, 5.74) is 2.32. The fourth-order valence-electron chi connectivity index (χ4n) is 3.30. The molecule has 1 aromatic heterocycles. The molecule has 110 valence electrons. The number of carbonyl (C=O) groups is 1. The van der Waals surface area contributed by atoms with Gasteiger partial charge in [0.15, 0.2) is 0 Å². The molecular formula is C14H16N4O3. The molecule has 7 heteroatoms. The number of fused-ring (bicyclic) bond motifs is 1. The van der Waals surface area contributed by atoms with Crippen LogP contribution in [0, 0.1) is 0 Å². The van der Waals surface area contributed by atoms with Crippen molar-refractivity contribution >= 4 is 17.1 Å². The number of carbonyl (C=O) groups excluding carboxylic acids is 1. The van der Waals surface area contributed by atoms with Crippen LogP contribution in [0.1, 0.15) is 12.0 Å². The molecule has 1 amide bonds. The van der Waals surface area contributed by atoms with Crippen molar-refractivity contribution < 1.29 is 14.2 Å². The van der Waals surface area contributed by atoms with Crippen molar-refractivity contribution in [3.05, 3.63) is 23.8 Å². The van der Waals surface area contributed by atoms with Crippen LogP contribution in [0.25, 0.3) is 11.0 Å². The molecular weight excluding hydrogens is 272 g/mol. The lowest BCUT2D eigenvalue weighted by Gasteiger charge is -2.21. The Labute approximate surface area is 121 Å². The molecule has 2 aliphatic rings. The zero-order valence-corrected chi connectivity index (χ0v) is 11.8. The smallest absolute Gasteiger partial charge is 0.410 e. The maximum Gasteiger partial charge on any atom is 0.410 e. The van der Waals surface area contributed by atoms with E-state index in [0.717, 1.165) is 42.7 Å². The summed E-state index contributed by atoms with van der Waals surface area (Å²) in [6.45, 7) is 3.08. The summed E-state index contributed by atoms with van der Waals surface area (Å²) in [5, 5.41) is 7.83. The molecule has 2 fully saturated rings. The van der Waals surface area contributed by atoms with Crippen LogP contribution in [0.2, 0.25) is 0 Å². The summed E-state index contributed by atoms with van der Waals surface area (Å²) in [6.07, 6.45) is 0.649. The number of nitrogens with zero attached hydrogens (tertiary/aromatic N) is 4. The number of hydrogen-bond donors (Lipinski definition) is 0. The van der Waals surface area contributed by atoms with Crippen LogP contribution in [-0.4, -0.2) is 58.5 Å². The zero-order chi connectivity index (χ0) is 14.4. The van der Waals surface area contributed by atoms with Crippen molar-refractivity contribution in [2.45, 2.75) is 18.6 Å². The molecule has 2 aromatic rings. The van der Waals surface area contributed by atoms with Gasteiger partial charge in [0.2, 0.25) is 0 Å². The lowest BCUT2D eigenvalue weighted by Crippen LogP contribution is -2.37. The summed E-state index contributed by atoms with van der Waals surface area (Å²) >= 11 is 0. The molecule has 0 bridgehead atoms. The Bertz CT molecular complexity index is 700. The monoisotopic (exact) mass is 288 g/mol. The molecule has 4 rings (SSSR count). The fraction of sp³-hybridized carbons (Fsp3) is 0.500. The van der Waals surface area contributed by atoms with Gasteiger partial charge in [-0.2, -0.15) is 0 Å². The number of hydrogen-bond acceptors (Lipinski definition) is 6. The van der Waals surface area contributed by atoms with Gasteiger partial charge in [0, 0.05) is 33.1 Å². The quantitative estimate of drug-likeness (QED) is 0.828. The summed E-state index contributed by atoms with van der Waals surface area (Å²) < 4.78 is 10.4. The number of rotatable bonds is 2. The predicted molar refractivity (Wildman–Crippen MR) is 73.5 cm³/mol. The van der Waals surface area contributed by atoms with E-state index < -0.39 is 0 Å². The third-order valence-corrected chi connectivity index (χ3v) is 4.30. The van der Waals surface area contributed by atoms with Crippen LogP contribution in [0.4, 0.5) is 4.79 Å². The molecule has 0 aliphatic carbocycles. The lowest BCUT2D eigenvalue weighted by molar-refractivity contribution is 0.0627. The minimum absolute atomic E-state index is 0.223. The highest BCUT2D eigenvalue weighted by atomic mass is 16.6. The van der Waals surface area contributed by atoms with Gasteiger partial charge in [-0.1, -0.05) is 12.1 Å². The van der Waals surface area contributed by atoms with E-state index in [1.165, 1.54) is 0 Å². The minimum Gasteiger partial charge on any atom is -0.439 e. The Balaban J connectivity index is 1.52. The molecule has 0 saturated carbocycles. The lowest BCUT2D eigenvalue weighted by atomic mass is 10.0. The molecule has 0 N–H and O–H groups in total. The van der Waals surface area contributed by atoms with E-state index in [0.29, 0.717) is 6.54 Å². The molecule has 0 radical (unpaired) electrons. The Hall–Kier alpha value is -2.15. The first kappa shape index (κ1) is 12.6. The highest BCUT2D eigenvalue weighted by Crippen LogP contribution is 2.32. The Morgan fingerprint density at radius 1 is 1.33 bits per heavy atom. The summed E-state index contributed by atoms with van der Waals surface area (Å²) in [7, 11) is 1.78. The van der Waals surface area contributed by atoms with Gasteiger partial charge in [-0.25, -0.2) is 9.42 Å². The molecule has 2 aliphatic heterocycles. The van der Waals surface area contributed by atoms with Crippen LogP contribution < -0.4 is 0 Å². The number of ether oxygens (including phenoxy) is 1. The van der Waals surface area contributed by atoms with Crippen molar-refractivity contribution in [1.82, 2.24) is 20.1 Å². The average Bonchev–Trinajstić information content (AvgIpc) is 3.12. The fourth-order valence-corrected chi connectivity index (χ4v) is 3.30. The Morgan fingerprint density at radius 3 is 3.05 bits per heavy atom. The van der Waals surface area contributed by atoms with Crippen molar-refractivity contribution in [3.63, 3.8) is 0 Å². The van der Waals surface area contributed by atoms with Crippen LogP contribution in [-0.2, 0) is 11.3 Å². The minimum atomic E-state index is -0.345. The van der Waals surface area contributed by atoms with Gasteiger partial charge in [0.25, 0.3) is 0 Å². The van der Waals surface area contributed by atoms with Gasteiger partial charge in [-0.15, -0.1) is 0 Å². The van der Waals surface area contributed by atoms with Crippen molar-refractivity contribution in [3.8, 4) is 0 Å². The van der Waals surface area contributed by atoms with Gasteiger partial charge in [-0.05, 0) is 21.9 Å². The van der Waals surface area contributed by atoms with E-state index in [4.69, 9.17) is 9.37 Å². The van der Waals surface area contributed by atoms with E-state index in [-0.39, 0.29) is 11.7 Å². The topological polar surface area (TPSA) is 71.7 Å². The van der Waals surface area contributed by atoms with Crippen molar-refractivity contribution in [2.24, 2.45) is 0 Å². The second-order valence-corrected chi connectivity index (χ2v) is 5.92. The first-order chi connectivity index (χ1) is 10.2. The van der Waals surface area contributed by atoms with E-state index >= 15 is 0 Å². The van der Waals surface area contributed by atoms with Gasteiger partial charge < -0.3 is 9.64 Å².